The van der Waals surface area contributed by atoms with Crippen LogP contribution in [-0.4, -0.2) is 5.92 Å². The van der Waals surface area contributed by atoms with Crippen molar-refractivity contribution in [3.05, 3.63) is 35.4 Å². The number of alkyl halides is 2. The topological polar surface area (TPSA) is 0 Å². The maximum Gasteiger partial charge on any atom is 0.251 e. The first-order valence-corrected chi connectivity index (χ1v) is 11.5. The molecule has 2 heteroatoms. The van der Waals surface area contributed by atoms with Crippen molar-refractivity contribution in [2.24, 2.45) is 23.7 Å². The normalized spacial score (nSPS) is 29.7. The lowest BCUT2D eigenvalue weighted by Gasteiger charge is -2.41. The molecule has 0 radical (unpaired) electrons. The van der Waals surface area contributed by atoms with Gasteiger partial charge in [0.1, 0.15) is 0 Å². The highest BCUT2D eigenvalue weighted by Crippen LogP contribution is 2.48. The lowest BCUT2D eigenvalue weighted by atomic mass is 9.67. The maximum atomic E-state index is 14.5. The third-order valence-corrected chi connectivity index (χ3v) is 7.01. The van der Waals surface area contributed by atoms with Crippen molar-refractivity contribution in [3.8, 4) is 11.8 Å². The van der Waals surface area contributed by atoms with Gasteiger partial charge in [-0.2, -0.15) is 0 Å². The van der Waals surface area contributed by atoms with Crippen molar-refractivity contribution in [2.45, 2.75) is 90.4 Å². The first-order chi connectivity index (χ1) is 13.5. The molecule has 0 aromatic heterocycles. The van der Waals surface area contributed by atoms with E-state index in [-0.39, 0.29) is 18.3 Å². The van der Waals surface area contributed by atoms with E-state index >= 15 is 0 Å². The quantitative estimate of drug-likeness (QED) is 0.456. The Bertz CT molecular complexity index is 656. The van der Waals surface area contributed by atoms with Crippen LogP contribution in [0.3, 0.4) is 0 Å². The number of halogens is 2. The van der Waals surface area contributed by atoms with E-state index in [9.17, 15) is 8.78 Å². The summed E-state index contributed by atoms with van der Waals surface area (Å²) >= 11 is 0. The van der Waals surface area contributed by atoms with E-state index in [4.69, 9.17) is 0 Å². The molecule has 2 aliphatic carbocycles. The SMILES string of the molecule is CCCc1ccc(C#CC2CCC(C3CCC(CCC)C(F)(F)C3)CC2)cc1. The molecule has 0 N–H and O–H groups in total. The van der Waals surface area contributed by atoms with Crippen LogP contribution in [0.25, 0.3) is 0 Å². The van der Waals surface area contributed by atoms with Crippen molar-refractivity contribution < 1.29 is 8.78 Å². The minimum absolute atomic E-state index is 0.128. The predicted molar refractivity (Wildman–Crippen MR) is 113 cm³/mol. The van der Waals surface area contributed by atoms with Gasteiger partial charge in [-0.1, -0.05) is 50.7 Å². The highest BCUT2D eigenvalue weighted by molar-refractivity contribution is 5.36. The van der Waals surface area contributed by atoms with E-state index in [1.165, 1.54) is 12.0 Å². The minimum atomic E-state index is -2.44. The molecule has 154 valence electrons. The van der Waals surface area contributed by atoms with Crippen molar-refractivity contribution in [1.29, 1.82) is 0 Å². The second-order valence-corrected chi connectivity index (χ2v) is 9.12. The third kappa shape index (κ3) is 5.59. The average Bonchev–Trinajstić information content (AvgIpc) is 2.69. The van der Waals surface area contributed by atoms with Gasteiger partial charge in [-0.15, -0.1) is 0 Å². The maximum absolute atomic E-state index is 14.5. The predicted octanol–water partition coefficient (Wildman–Crippen LogP) is 7.65. The van der Waals surface area contributed by atoms with E-state index in [1.54, 1.807) is 0 Å². The molecule has 2 fully saturated rings. The van der Waals surface area contributed by atoms with E-state index in [0.717, 1.165) is 56.9 Å². The van der Waals surface area contributed by atoms with Gasteiger partial charge in [0.15, 0.2) is 0 Å². The second-order valence-electron chi connectivity index (χ2n) is 9.12. The molecule has 0 nitrogen and oxygen atoms in total. The fraction of sp³-hybridized carbons (Fsp3) is 0.692. The van der Waals surface area contributed by atoms with E-state index < -0.39 is 5.92 Å². The zero-order valence-corrected chi connectivity index (χ0v) is 17.7. The lowest BCUT2D eigenvalue weighted by Crippen LogP contribution is -2.38. The fourth-order valence-electron chi connectivity index (χ4n) is 5.31. The molecule has 2 saturated carbocycles. The third-order valence-electron chi connectivity index (χ3n) is 7.01. The standard InChI is InChI=1S/C26H36F2/c1-3-5-20-7-9-21(10-8-20)11-12-22-13-15-23(16-14-22)24-17-18-25(6-4-2)26(27,28)19-24/h7-10,22-25H,3-6,13-19H2,1-2H3. The number of benzene rings is 1. The Kier molecular flexibility index (Phi) is 7.55. The molecule has 0 aliphatic heterocycles. The molecule has 0 heterocycles. The summed E-state index contributed by atoms with van der Waals surface area (Å²) in [6.07, 6.45) is 10.0. The highest BCUT2D eigenvalue weighted by atomic mass is 19.3. The Hall–Kier alpha value is -1.36. The summed E-state index contributed by atoms with van der Waals surface area (Å²) in [5.41, 5.74) is 2.47. The van der Waals surface area contributed by atoms with Gasteiger partial charge in [0.2, 0.25) is 0 Å². The van der Waals surface area contributed by atoms with Gasteiger partial charge in [0.05, 0.1) is 0 Å². The summed E-state index contributed by atoms with van der Waals surface area (Å²) in [5, 5.41) is 0. The molecular weight excluding hydrogens is 350 g/mol. The van der Waals surface area contributed by atoms with Crippen molar-refractivity contribution in [2.75, 3.05) is 0 Å². The fourth-order valence-corrected chi connectivity index (χ4v) is 5.31. The van der Waals surface area contributed by atoms with E-state index in [2.05, 4.69) is 43.0 Å². The minimum Gasteiger partial charge on any atom is -0.207 e. The molecule has 2 unspecified atom stereocenters. The van der Waals surface area contributed by atoms with Crippen LogP contribution in [0.4, 0.5) is 8.78 Å². The van der Waals surface area contributed by atoms with Crippen LogP contribution >= 0.6 is 0 Å². The van der Waals surface area contributed by atoms with Gasteiger partial charge in [-0.05, 0) is 80.9 Å². The molecule has 2 aliphatic rings. The summed E-state index contributed by atoms with van der Waals surface area (Å²) in [6, 6.07) is 8.61. The number of rotatable bonds is 5. The largest absolute Gasteiger partial charge is 0.251 e. The van der Waals surface area contributed by atoms with Crippen molar-refractivity contribution >= 4 is 0 Å². The summed E-state index contributed by atoms with van der Waals surface area (Å²) in [5.74, 6) is 5.12. The van der Waals surface area contributed by atoms with Crippen molar-refractivity contribution in [1.82, 2.24) is 0 Å². The average molecular weight is 387 g/mol. The zero-order chi connectivity index (χ0) is 20.0. The molecule has 0 bridgehead atoms. The Morgan fingerprint density at radius 3 is 2.18 bits per heavy atom. The Labute approximate surface area is 170 Å². The molecule has 3 rings (SSSR count). The monoisotopic (exact) mass is 386 g/mol. The van der Waals surface area contributed by atoms with Crippen LogP contribution < -0.4 is 0 Å². The Morgan fingerprint density at radius 1 is 0.893 bits per heavy atom. The second kappa shape index (κ2) is 9.91. The van der Waals surface area contributed by atoms with Crippen LogP contribution in [0.5, 0.6) is 0 Å². The molecule has 2 atom stereocenters. The summed E-state index contributed by atoms with van der Waals surface area (Å²) in [6.45, 7) is 4.21. The van der Waals surface area contributed by atoms with Gasteiger partial charge in [-0.25, -0.2) is 8.78 Å². The number of hydrogen-bond donors (Lipinski definition) is 0. The van der Waals surface area contributed by atoms with Gasteiger partial charge < -0.3 is 0 Å². The van der Waals surface area contributed by atoms with Gasteiger partial charge in [0, 0.05) is 23.8 Å². The molecule has 0 spiro atoms. The summed E-state index contributed by atoms with van der Waals surface area (Å²) < 4.78 is 29.0. The molecule has 0 saturated heterocycles. The first kappa shape index (κ1) is 21.4. The smallest absolute Gasteiger partial charge is 0.207 e. The number of hydrogen-bond acceptors (Lipinski definition) is 0. The van der Waals surface area contributed by atoms with E-state index in [1.807, 2.05) is 6.92 Å². The van der Waals surface area contributed by atoms with Crippen LogP contribution in [0.1, 0.15) is 89.2 Å². The van der Waals surface area contributed by atoms with Gasteiger partial charge in [-0.3, -0.25) is 0 Å². The van der Waals surface area contributed by atoms with Crippen LogP contribution in [0.2, 0.25) is 0 Å². The highest BCUT2D eigenvalue weighted by Gasteiger charge is 2.46. The van der Waals surface area contributed by atoms with Crippen LogP contribution in [0.15, 0.2) is 24.3 Å². The summed E-state index contributed by atoms with van der Waals surface area (Å²) in [7, 11) is 0. The van der Waals surface area contributed by atoms with Crippen LogP contribution in [0, 0.1) is 35.5 Å². The molecule has 1 aromatic rings. The first-order valence-electron chi connectivity index (χ1n) is 11.5. The molecule has 0 amide bonds. The lowest BCUT2D eigenvalue weighted by molar-refractivity contribution is -0.114. The number of aryl methyl sites for hydroxylation is 1. The molecular formula is C26H36F2. The van der Waals surface area contributed by atoms with Gasteiger partial charge >= 0.3 is 0 Å². The van der Waals surface area contributed by atoms with E-state index in [0.29, 0.717) is 18.3 Å². The zero-order valence-electron chi connectivity index (χ0n) is 17.7. The van der Waals surface area contributed by atoms with Gasteiger partial charge in [0.25, 0.3) is 5.92 Å². The Morgan fingerprint density at radius 2 is 1.57 bits per heavy atom. The van der Waals surface area contributed by atoms with Crippen molar-refractivity contribution in [3.63, 3.8) is 0 Å². The molecule has 1 aromatic carbocycles. The van der Waals surface area contributed by atoms with Crippen LogP contribution in [-0.2, 0) is 6.42 Å². The summed E-state index contributed by atoms with van der Waals surface area (Å²) in [4.78, 5) is 0. The Balaban J connectivity index is 1.49. The molecule has 28 heavy (non-hydrogen) atoms.